The molecule has 1 atom stereocenters. The highest BCUT2D eigenvalue weighted by Crippen LogP contribution is 2.28. The standard InChI is InChI=1S/C17H25N5OS/c23-12-14-10-22(20-19-14)9-13-4-3-7-21(8-13)11-17-18-15-5-1-2-6-16(15)24-17/h10,13,23H,1-9,11-12H2/t13-/m0/s1. The molecule has 4 rings (SSSR count). The quantitative estimate of drug-likeness (QED) is 0.896. The summed E-state index contributed by atoms with van der Waals surface area (Å²) in [5, 5.41) is 18.5. The molecule has 0 bridgehead atoms. The Morgan fingerprint density at radius 1 is 1.25 bits per heavy atom. The second-order valence-electron chi connectivity index (χ2n) is 7.02. The van der Waals surface area contributed by atoms with Crippen LogP contribution in [0.25, 0.3) is 0 Å². The number of thiazole rings is 1. The Kier molecular flexibility index (Phi) is 4.91. The number of hydrogen-bond acceptors (Lipinski definition) is 6. The van der Waals surface area contributed by atoms with Gasteiger partial charge >= 0.3 is 0 Å². The summed E-state index contributed by atoms with van der Waals surface area (Å²) in [6, 6.07) is 0. The van der Waals surface area contributed by atoms with Crippen molar-refractivity contribution in [3.05, 3.63) is 27.5 Å². The van der Waals surface area contributed by atoms with Crippen LogP contribution in [0.4, 0.5) is 0 Å². The lowest BCUT2D eigenvalue weighted by atomic mass is 9.98. The van der Waals surface area contributed by atoms with Crippen molar-refractivity contribution in [3.8, 4) is 0 Å². The predicted molar refractivity (Wildman–Crippen MR) is 92.7 cm³/mol. The van der Waals surface area contributed by atoms with Gasteiger partial charge in [0.2, 0.25) is 0 Å². The van der Waals surface area contributed by atoms with E-state index in [-0.39, 0.29) is 6.61 Å². The lowest BCUT2D eigenvalue weighted by Crippen LogP contribution is -2.36. The molecule has 1 N–H and O–H groups in total. The summed E-state index contributed by atoms with van der Waals surface area (Å²) >= 11 is 1.93. The maximum absolute atomic E-state index is 9.10. The normalized spacial score (nSPS) is 21.8. The van der Waals surface area contributed by atoms with Crippen LogP contribution in [0.2, 0.25) is 0 Å². The SMILES string of the molecule is OCc1cn(C[C@H]2CCCN(Cc3nc4c(s3)CCCC4)C2)nn1. The third-order valence-electron chi connectivity index (χ3n) is 5.05. The van der Waals surface area contributed by atoms with Gasteiger partial charge in [-0.1, -0.05) is 5.21 Å². The van der Waals surface area contributed by atoms with Crippen LogP contribution in [-0.4, -0.2) is 43.1 Å². The molecule has 1 aliphatic carbocycles. The zero-order valence-corrected chi connectivity index (χ0v) is 14.8. The fraction of sp³-hybridized carbons (Fsp3) is 0.706. The summed E-state index contributed by atoms with van der Waals surface area (Å²) in [5.41, 5.74) is 2.02. The number of nitrogens with zero attached hydrogens (tertiary/aromatic N) is 5. The average molecular weight is 347 g/mol. The van der Waals surface area contributed by atoms with E-state index in [0.29, 0.717) is 11.6 Å². The van der Waals surface area contributed by atoms with Crippen LogP contribution in [0.5, 0.6) is 0 Å². The molecule has 1 saturated heterocycles. The summed E-state index contributed by atoms with van der Waals surface area (Å²) in [6.45, 7) is 4.11. The van der Waals surface area contributed by atoms with Gasteiger partial charge in [-0.2, -0.15) is 0 Å². The Balaban J connectivity index is 1.35. The third-order valence-corrected chi connectivity index (χ3v) is 6.19. The molecule has 7 heteroatoms. The van der Waals surface area contributed by atoms with Gasteiger partial charge < -0.3 is 5.11 Å². The molecule has 0 spiro atoms. The summed E-state index contributed by atoms with van der Waals surface area (Å²) in [6.07, 6.45) is 9.36. The topological polar surface area (TPSA) is 67.1 Å². The molecule has 130 valence electrons. The molecule has 0 amide bonds. The summed E-state index contributed by atoms with van der Waals surface area (Å²) < 4.78 is 1.88. The molecule has 0 radical (unpaired) electrons. The van der Waals surface area contributed by atoms with Gasteiger partial charge in [-0.25, -0.2) is 4.98 Å². The van der Waals surface area contributed by atoms with Gasteiger partial charge in [0, 0.05) is 18.0 Å². The summed E-state index contributed by atoms with van der Waals surface area (Å²) in [5.74, 6) is 0.599. The van der Waals surface area contributed by atoms with Crippen LogP contribution in [0, 0.1) is 5.92 Å². The number of aromatic nitrogens is 4. The molecule has 24 heavy (non-hydrogen) atoms. The van der Waals surface area contributed by atoms with Gasteiger partial charge in [-0.05, 0) is 51.0 Å². The molecule has 1 aliphatic heterocycles. The second kappa shape index (κ2) is 7.29. The predicted octanol–water partition coefficient (Wildman–Crippen LogP) is 2.02. The number of aryl methyl sites for hydroxylation is 2. The van der Waals surface area contributed by atoms with Crippen molar-refractivity contribution in [2.75, 3.05) is 13.1 Å². The number of fused-ring (bicyclic) bond motifs is 1. The summed E-state index contributed by atoms with van der Waals surface area (Å²) in [7, 11) is 0. The van der Waals surface area contributed by atoms with E-state index in [1.807, 2.05) is 22.2 Å². The monoisotopic (exact) mass is 347 g/mol. The van der Waals surface area contributed by atoms with Gasteiger partial charge in [0.15, 0.2) is 0 Å². The Labute approximate surface area is 146 Å². The lowest BCUT2D eigenvalue weighted by molar-refractivity contribution is 0.152. The molecule has 0 aromatic carbocycles. The molecule has 6 nitrogen and oxygen atoms in total. The first-order valence-electron chi connectivity index (χ1n) is 9.00. The molecule has 1 fully saturated rings. The molecule has 2 aliphatic rings. The van der Waals surface area contributed by atoms with E-state index in [9.17, 15) is 0 Å². The van der Waals surface area contributed by atoms with E-state index >= 15 is 0 Å². The van der Waals surface area contributed by atoms with E-state index in [4.69, 9.17) is 10.1 Å². The fourth-order valence-electron chi connectivity index (χ4n) is 3.87. The first kappa shape index (κ1) is 16.2. The number of piperidine rings is 1. The van der Waals surface area contributed by atoms with Gasteiger partial charge in [0.05, 0.1) is 25.0 Å². The van der Waals surface area contributed by atoms with E-state index in [1.165, 1.54) is 60.6 Å². The Morgan fingerprint density at radius 2 is 2.17 bits per heavy atom. The fourth-order valence-corrected chi connectivity index (χ4v) is 5.07. The summed E-state index contributed by atoms with van der Waals surface area (Å²) in [4.78, 5) is 8.97. The maximum atomic E-state index is 9.10. The molecule has 3 heterocycles. The van der Waals surface area contributed by atoms with Gasteiger partial charge in [0.1, 0.15) is 10.7 Å². The zero-order chi connectivity index (χ0) is 16.4. The Bertz CT molecular complexity index is 659. The van der Waals surface area contributed by atoms with E-state index in [2.05, 4.69) is 15.2 Å². The minimum atomic E-state index is -0.0362. The van der Waals surface area contributed by atoms with Gasteiger partial charge in [-0.15, -0.1) is 16.4 Å². The highest BCUT2D eigenvalue weighted by Gasteiger charge is 2.23. The Hall–Kier alpha value is -1.31. The zero-order valence-electron chi connectivity index (χ0n) is 14.0. The second-order valence-corrected chi connectivity index (χ2v) is 8.19. The van der Waals surface area contributed by atoms with Gasteiger partial charge in [-0.3, -0.25) is 9.58 Å². The van der Waals surface area contributed by atoms with Crippen LogP contribution in [0.15, 0.2) is 6.20 Å². The van der Waals surface area contributed by atoms with Crippen molar-refractivity contribution in [2.45, 2.75) is 58.2 Å². The smallest absolute Gasteiger partial charge is 0.108 e. The minimum Gasteiger partial charge on any atom is -0.390 e. The van der Waals surface area contributed by atoms with Crippen LogP contribution in [0.3, 0.4) is 0 Å². The van der Waals surface area contributed by atoms with E-state index in [1.54, 1.807) is 0 Å². The molecular formula is C17H25N5OS. The average Bonchev–Trinajstić information content (AvgIpc) is 3.21. The van der Waals surface area contributed by atoms with E-state index < -0.39 is 0 Å². The van der Waals surface area contributed by atoms with Crippen molar-refractivity contribution in [3.63, 3.8) is 0 Å². The van der Waals surface area contributed by atoms with Crippen molar-refractivity contribution in [2.24, 2.45) is 5.92 Å². The third kappa shape index (κ3) is 3.68. The van der Waals surface area contributed by atoms with Gasteiger partial charge in [0.25, 0.3) is 0 Å². The van der Waals surface area contributed by atoms with Crippen LogP contribution >= 0.6 is 11.3 Å². The van der Waals surface area contributed by atoms with Crippen LogP contribution in [-0.2, 0) is 32.5 Å². The van der Waals surface area contributed by atoms with Crippen molar-refractivity contribution < 1.29 is 5.11 Å². The van der Waals surface area contributed by atoms with Crippen molar-refractivity contribution >= 4 is 11.3 Å². The first-order valence-corrected chi connectivity index (χ1v) is 9.81. The number of likely N-dealkylation sites (tertiary alicyclic amines) is 1. The van der Waals surface area contributed by atoms with Crippen molar-refractivity contribution in [1.29, 1.82) is 0 Å². The molecule has 2 aromatic rings. The van der Waals surface area contributed by atoms with Crippen molar-refractivity contribution in [1.82, 2.24) is 24.9 Å². The van der Waals surface area contributed by atoms with Crippen LogP contribution in [0.1, 0.15) is 47.0 Å². The minimum absolute atomic E-state index is 0.0362. The molecule has 2 aromatic heterocycles. The molecular weight excluding hydrogens is 322 g/mol. The van der Waals surface area contributed by atoms with E-state index in [0.717, 1.165) is 19.6 Å². The lowest BCUT2D eigenvalue weighted by Gasteiger charge is -2.31. The number of hydrogen-bond donors (Lipinski definition) is 1. The maximum Gasteiger partial charge on any atom is 0.108 e. The highest BCUT2D eigenvalue weighted by atomic mass is 32.1. The number of aliphatic hydroxyl groups excluding tert-OH is 1. The highest BCUT2D eigenvalue weighted by molar-refractivity contribution is 7.11. The molecule has 0 unspecified atom stereocenters. The Morgan fingerprint density at radius 3 is 3.00 bits per heavy atom. The van der Waals surface area contributed by atoms with Crippen LogP contribution < -0.4 is 0 Å². The number of aliphatic hydroxyl groups is 1. The number of rotatable bonds is 5. The molecule has 0 saturated carbocycles. The first-order chi connectivity index (χ1) is 11.8. The largest absolute Gasteiger partial charge is 0.390 e.